The molecule has 0 radical (unpaired) electrons. The lowest BCUT2D eigenvalue weighted by atomic mass is 9.91. The van der Waals surface area contributed by atoms with Crippen LogP contribution in [0.5, 0.6) is 0 Å². The Bertz CT molecular complexity index is 904. The molecule has 0 bridgehead atoms. The van der Waals surface area contributed by atoms with Crippen LogP contribution in [0.4, 0.5) is 0 Å². The van der Waals surface area contributed by atoms with E-state index in [1.807, 2.05) is 30.3 Å². The van der Waals surface area contributed by atoms with Gasteiger partial charge in [0.05, 0.1) is 10.9 Å². The molecule has 28 heavy (non-hydrogen) atoms. The fraction of sp³-hybridized carbons (Fsp3) is 0.409. The minimum Gasteiger partial charge on any atom is -0.345 e. The first-order valence-corrected chi connectivity index (χ1v) is 11.3. The average Bonchev–Trinajstić information content (AvgIpc) is 3.20. The van der Waals surface area contributed by atoms with Crippen LogP contribution in [0.2, 0.25) is 0 Å². The summed E-state index contributed by atoms with van der Waals surface area (Å²) in [7, 11) is -3.64. The number of benzene rings is 2. The fourth-order valence-electron chi connectivity index (χ4n) is 3.83. The van der Waals surface area contributed by atoms with E-state index in [-0.39, 0.29) is 22.9 Å². The van der Waals surface area contributed by atoms with Crippen LogP contribution in [-0.4, -0.2) is 20.4 Å². The van der Waals surface area contributed by atoms with Crippen LogP contribution in [0.3, 0.4) is 0 Å². The van der Waals surface area contributed by atoms with Gasteiger partial charge in [0.25, 0.3) is 5.91 Å². The number of hydrogen-bond donors (Lipinski definition) is 2. The van der Waals surface area contributed by atoms with E-state index in [9.17, 15) is 13.2 Å². The molecule has 0 heterocycles. The summed E-state index contributed by atoms with van der Waals surface area (Å²) in [5.41, 5.74) is 1.44. The molecule has 5 nitrogen and oxygen atoms in total. The molecule has 1 fully saturated rings. The van der Waals surface area contributed by atoms with Crippen molar-refractivity contribution in [3.8, 4) is 0 Å². The zero-order valence-electron chi connectivity index (χ0n) is 16.4. The van der Waals surface area contributed by atoms with Gasteiger partial charge in [0.2, 0.25) is 10.0 Å². The highest BCUT2D eigenvalue weighted by molar-refractivity contribution is 7.89. The van der Waals surface area contributed by atoms with Crippen molar-refractivity contribution in [3.63, 3.8) is 0 Å². The first kappa shape index (κ1) is 20.6. The second-order valence-corrected chi connectivity index (χ2v) is 9.42. The molecule has 1 aliphatic carbocycles. The summed E-state index contributed by atoms with van der Waals surface area (Å²) in [5, 5.41) is 3.16. The molecule has 0 aliphatic heterocycles. The summed E-state index contributed by atoms with van der Waals surface area (Å²) in [4.78, 5) is 13.1. The lowest BCUT2D eigenvalue weighted by molar-refractivity contribution is 0.0921. The molecular weight excluding hydrogens is 372 g/mol. The van der Waals surface area contributed by atoms with Gasteiger partial charge in [-0.05, 0) is 56.4 Å². The zero-order valence-corrected chi connectivity index (χ0v) is 17.2. The summed E-state index contributed by atoms with van der Waals surface area (Å²) in [5.74, 6) is 0.156. The number of hydrogen-bond acceptors (Lipinski definition) is 3. The summed E-state index contributed by atoms with van der Waals surface area (Å²) < 4.78 is 27.4. The highest BCUT2D eigenvalue weighted by Gasteiger charge is 2.28. The Balaban J connectivity index is 1.83. The van der Waals surface area contributed by atoms with Gasteiger partial charge >= 0.3 is 0 Å². The molecule has 1 unspecified atom stereocenters. The van der Waals surface area contributed by atoms with Crippen molar-refractivity contribution in [1.29, 1.82) is 0 Å². The van der Waals surface area contributed by atoms with E-state index in [1.54, 1.807) is 26.0 Å². The Morgan fingerprint density at radius 2 is 1.68 bits per heavy atom. The SMILES string of the molecule is CC(C)NS(=O)(=O)c1cccc(C(=O)NC(c2ccccc2)C2CCCC2)c1. The third kappa shape index (κ3) is 5.00. The molecule has 3 rings (SSSR count). The van der Waals surface area contributed by atoms with E-state index < -0.39 is 10.0 Å². The largest absolute Gasteiger partial charge is 0.345 e. The van der Waals surface area contributed by atoms with Gasteiger partial charge in [-0.1, -0.05) is 49.2 Å². The van der Waals surface area contributed by atoms with E-state index in [1.165, 1.54) is 25.0 Å². The van der Waals surface area contributed by atoms with E-state index in [0.29, 0.717) is 11.5 Å². The highest BCUT2D eigenvalue weighted by atomic mass is 32.2. The average molecular weight is 401 g/mol. The van der Waals surface area contributed by atoms with Crippen LogP contribution in [-0.2, 0) is 10.0 Å². The minimum absolute atomic E-state index is 0.0646. The molecule has 0 saturated heterocycles. The van der Waals surface area contributed by atoms with Gasteiger partial charge in [-0.15, -0.1) is 0 Å². The molecule has 0 spiro atoms. The summed E-state index contributed by atoms with van der Waals surface area (Å²) in [6, 6.07) is 15.9. The van der Waals surface area contributed by atoms with Gasteiger partial charge in [-0.25, -0.2) is 13.1 Å². The quantitative estimate of drug-likeness (QED) is 0.737. The molecule has 0 aromatic heterocycles. The number of carbonyl (C=O) groups excluding carboxylic acids is 1. The summed E-state index contributed by atoms with van der Waals surface area (Å²) in [6.45, 7) is 3.53. The Kier molecular flexibility index (Phi) is 6.52. The van der Waals surface area contributed by atoms with Gasteiger partial charge in [0, 0.05) is 11.6 Å². The maximum absolute atomic E-state index is 13.0. The Morgan fingerprint density at radius 3 is 2.32 bits per heavy atom. The molecule has 6 heteroatoms. The van der Waals surface area contributed by atoms with Crippen molar-refractivity contribution in [1.82, 2.24) is 10.0 Å². The van der Waals surface area contributed by atoms with Crippen molar-refractivity contribution in [2.45, 2.75) is 56.5 Å². The lowest BCUT2D eigenvalue weighted by Gasteiger charge is -2.25. The first-order chi connectivity index (χ1) is 13.4. The number of nitrogens with one attached hydrogen (secondary N) is 2. The van der Waals surface area contributed by atoms with Gasteiger partial charge in [-0.3, -0.25) is 4.79 Å². The molecule has 1 amide bonds. The summed E-state index contributed by atoms with van der Waals surface area (Å²) in [6.07, 6.45) is 4.54. The second kappa shape index (κ2) is 8.88. The maximum Gasteiger partial charge on any atom is 0.251 e. The molecule has 150 valence electrons. The molecular formula is C22H28N2O3S. The number of amides is 1. The van der Waals surface area contributed by atoms with E-state index in [0.717, 1.165) is 18.4 Å². The van der Waals surface area contributed by atoms with Gasteiger partial charge in [-0.2, -0.15) is 0 Å². The Morgan fingerprint density at radius 1 is 1.00 bits per heavy atom. The van der Waals surface area contributed by atoms with Crippen molar-refractivity contribution in [2.24, 2.45) is 5.92 Å². The summed E-state index contributed by atoms with van der Waals surface area (Å²) >= 11 is 0. The molecule has 2 aromatic carbocycles. The van der Waals surface area contributed by atoms with E-state index >= 15 is 0 Å². The van der Waals surface area contributed by atoms with Crippen LogP contribution in [0.1, 0.15) is 61.5 Å². The number of sulfonamides is 1. The number of rotatable bonds is 7. The first-order valence-electron chi connectivity index (χ1n) is 9.85. The lowest BCUT2D eigenvalue weighted by Crippen LogP contribution is -2.33. The zero-order chi connectivity index (χ0) is 20.1. The number of carbonyl (C=O) groups is 1. The van der Waals surface area contributed by atoms with E-state index in [4.69, 9.17) is 0 Å². The van der Waals surface area contributed by atoms with Crippen LogP contribution < -0.4 is 10.0 Å². The molecule has 1 aliphatic rings. The maximum atomic E-state index is 13.0. The third-order valence-electron chi connectivity index (χ3n) is 5.11. The normalized spacial score (nSPS) is 16.2. The van der Waals surface area contributed by atoms with Gasteiger partial charge in [0.15, 0.2) is 0 Å². The minimum atomic E-state index is -3.64. The van der Waals surface area contributed by atoms with Crippen molar-refractivity contribution < 1.29 is 13.2 Å². The van der Waals surface area contributed by atoms with Gasteiger partial charge in [0.1, 0.15) is 0 Å². The smallest absolute Gasteiger partial charge is 0.251 e. The van der Waals surface area contributed by atoms with Crippen molar-refractivity contribution in [2.75, 3.05) is 0 Å². The Labute approximate surface area is 167 Å². The van der Waals surface area contributed by atoms with Gasteiger partial charge < -0.3 is 5.32 Å². The van der Waals surface area contributed by atoms with Crippen LogP contribution in [0.25, 0.3) is 0 Å². The fourth-order valence-corrected chi connectivity index (χ4v) is 5.13. The van der Waals surface area contributed by atoms with E-state index in [2.05, 4.69) is 10.0 Å². The third-order valence-corrected chi connectivity index (χ3v) is 6.77. The van der Waals surface area contributed by atoms with Crippen LogP contribution in [0.15, 0.2) is 59.5 Å². The standard InChI is InChI=1S/C22H28N2O3S/c1-16(2)24-28(26,27)20-14-8-13-19(15-20)22(25)23-21(18-11-6-7-12-18)17-9-4-3-5-10-17/h3-5,8-10,13-16,18,21,24H,6-7,11-12H2,1-2H3,(H,23,25). The Hall–Kier alpha value is -2.18. The molecule has 1 atom stereocenters. The van der Waals surface area contributed by atoms with Crippen molar-refractivity contribution >= 4 is 15.9 Å². The molecule has 2 N–H and O–H groups in total. The highest BCUT2D eigenvalue weighted by Crippen LogP contribution is 2.35. The monoisotopic (exact) mass is 400 g/mol. The predicted octanol–water partition coefficient (Wildman–Crippen LogP) is 4.03. The molecule has 2 aromatic rings. The van der Waals surface area contributed by atoms with Crippen LogP contribution >= 0.6 is 0 Å². The second-order valence-electron chi connectivity index (χ2n) is 7.71. The van der Waals surface area contributed by atoms with Crippen molar-refractivity contribution in [3.05, 3.63) is 65.7 Å². The van der Waals surface area contributed by atoms with Crippen LogP contribution in [0, 0.1) is 5.92 Å². The predicted molar refractivity (Wildman–Crippen MR) is 111 cm³/mol. The topological polar surface area (TPSA) is 75.3 Å². The molecule has 1 saturated carbocycles.